The quantitative estimate of drug-likeness (QED) is 0.895. The van der Waals surface area contributed by atoms with Crippen LogP contribution in [-0.4, -0.2) is 29.1 Å². The summed E-state index contributed by atoms with van der Waals surface area (Å²) < 4.78 is 1.07. The van der Waals surface area contributed by atoms with Gasteiger partial charge >= 0.3 is 0 Å². The first-order valence-electron chi connectivity index (χ1n) is 7.91. The molecule has 1 saturated carbocycles. The Morgan fingerprint density at radius 1 is 1.10 bits per heavy atom. The minimum absolute atomic E-state index is 0.358. The van der Waals surface area contributed by atoms with Crippen molar-refractivity contribution >= 4 is 15.9 Å². The van der Waals surface area contributed by atoms with E-state index in [4.69, 9.17) is 0 Å². The maximum absolute atomic E-state index is 10.5. The molecule has 3 atom stereocenters. The lowest BCUT2D eigenvalue weighted by atomic mass is 9.78. The van der Waals surface area contributed by atoms with Crippen molar-refractivity contribution in [2.24, 2.45) is 5.92 Å². The molecule has 2 aliphatic rings. The van der Waals surface area contributed by atoms with Crippen LogP contribution in [0.1, 0.15) is 50.2 Å². The molecule has 1 N–H and O–H groups in total. The van der Waals surface area contributed by atoms with E-state index in [1.54, 1.807) is 0 Å². The van der Waals surface area contributed by atoms with Gasteiger partial charge in [0.15, 0.2) is 0 Å². The predicted octanol–water partition coefficient (Wildman–Crippen LogP) is 4.14. The third-order valence-corrected chi connectivity index (χ3v) is 5.55. The number of halogens is 1. The Morgan fingerprint density at radius 2 is 1.80 bits per heavy atom. The van der Waals surface area contributed by atoms with Crippen molar-refractivity contribution in [3.05, 3.63) is 34.3 Å². The van der Waals surface area contributed by atoms with E-state index in [0.29, 0.717) is 0 Å². The van der Waals surface area contributed by atoms with Crippen molar-refractivity contribution in [1.82, 2.24) is 4.90 Å². The summed E-state index contributed by atoms with van der Waals surface area (Å²) in [7, 11) is 0. The van der Waals surface area contributed by atoms with Gasteiger partial charge in [-0.3, -0.25) is 4.90 Å². The van der Waals surface area contributed by atoms with Gasteiger partial charge in [0.2, 0.25) is 0 Å². The molecule has 0 radical (unpaired) electrons. The molecule has 1 heterocycles. The Hall–Kier alpha value is -0.380. The number of fused-ring (bicyclic) bond motifs is 1. The average Bonchev–Trinajstić information content (AvgIpc) is 2.48. The van der Waals surface area contributed by atoms with E-state index in [2.05, 4.69) is 20.8 Å². The number of hydrogen-bond donors (Lipinski definition) is 1. The molecule has 1 aromatic carbocycles. The van der Waals surface area contributed by atoms with Crippen LogP contribution in [0.15, 0.2) is 28.7 Å². The van der Waals surface area contributed by atoms with Crippen LogP contribution in [0.5, 0.6) is 0 Å². The van der Waals surface area contributed by atoms with Crippen LogP contribution in [0.3, 0.4) is 0 Å². The third-order valence-electron chi connectivity index (χ3n) is 5.02. The Bertz CT molecular complexity index is 431. The molecule has 3 heteroatoms. The highest BCUT2D eigenvalue weighted by molar-refractivity contribution is 9.10. The van der Waals surface area contributed by atoms with Gasteiger partial charge in [0.25, 0.3) is 0 Å². The number of likely N-dealkylation sites (tertiary alicyclic amines) is 1. The second-order valence-corrected chi connectivity index (χ2v) is 7.23. The highest BCUT2D eigenvalue weighted by atomic mass is 79.9. The van der Waals surface area contributed by atoms with E-state index < -0.39 is 0 Å². The first-order chi connectivity index (χ1) is 9.74. The molecule has 2 nitrogen and oxygen atoms in total. The van der Waals surface area contributed by atoms with Crippen LogP contribution in [0.25, 0.3) is 0 Å². The van der Waals surface area contributed by atoms with Crippen LogP contribution in [0, 0.1) is 5.92 Å². The average molecular weight is 338 g/mol. The summed E-state index contributed by atoms with van der Waals surface area (Å²) in [5.41, 5.74) is 1.03. The summed E-state index contributed by atoms with van der Waals surface area (Å²) in [4.78, 5) is 2.56. The van der Waals surface area contributed by atoms with E-state index in [1.165, 1.54) is 38.5 Å². The maximum atomic E-state index is 10.5. The molecule has 110 valence electrons. The fraction of sp³-hybridized carbons (Fsp3) is 0.647. The molecule has 0 amide bonds. The second-order valence-electron chi connectivity index (χ2n) is 6.32. The van der Waals surface area contributed by atoms with Crippen LogP contribution >= 0.6 is 15.9 Å². The predicted molar refractivity (Wildman–Crippen MR) is 85.7 cm³/mol. The van der Waals surface area contributed by atoms with Crippen LogP contribution in [0.4, 0.5) is 0 Å². The monoisotopic (exact) mass is 337 g/mol. The Morgan fingerprint density at radius 3 is 2.60 bits per heavy atom. The molecule has 2 fully saturated rings. The summed E-state index contributed by atoms with van der Waals surface area (Å²) >= 11 is 3.45. The van der Waals surface area contributed by atoms with Gasteiger partial charge in [-0.15, -0.1) is 0 Å². The molecule has 1 saturated heterocycles. The van der Waals surface area contributed by atoms with Gasteiger partial charge in [-0.05, 0) is 55.8 Å². The van der Waals surface area contributed by atoms with Gasteiger partial charge in [-0.1, -0.05) is 40.9 Å². The van der Waals surface area contributed by atoms with Crippen molar-refractivity contribution in [2.75, 3.05) is 13.1 Å². The largest absolute Gasteiger partial charge is 0.387 e. The molecule has 1 aliphatic carbocycles. The van der Waals surface area contributed by atoms with Crippen molar-refractivity contribution in [2.45, 2.75) is 50.7 Å². The number of rotatable bonds is 3. The molecule has 3 rings (SSSR count). The van der Waals surface area contributed by atoms with Crippen LogP contribution in [-0.2, 0) is 0 Å². The zero-order chi connectivity index (χ0) is 13.9. The van der Waals surface area contributed by atoms with Crippen molar-refractivity contribution < 1.29 is 5.11 Å². The van der Waals surface area contributed by atoms with E-state index in [-0.39, 0.29) is 6.10 Å². The molecule has 0 aromatic heterocycles. The molecule has 20 heavy (non-hydrogen) atoms. The van der Waals surface area contributed by atoms with Gasteiger partial charge in [-0.2, -0.15) is 0 Å². The SMILES string of the molecule is O[C@H](CN1CCC[C@H]2CCCC[C@@H]21)c1ccc(Br)cc1. The van der Waals surface area contributed by atoms with E-state index in [1.807, 2.05) is 24.3 Å². The van der Waals surface area contributed by atoms with E-state index in [0.717, 1.165) is 35.1 Å². The number of aliphatic hydroxyl groups excluding tert-OH is 1. The Kier molecular flexibility index (Phi) is 4.79. The lowest BCUT2D eigenvalue weighted by Crippen LogP contribution is -2.48. The van der Waals surface area contributed by atoms with Gasteiger partial charge in [0.1, 0.15) is 0 Å². The molecule has 0 unspecified atom stereocenters. The second kappa shape index (κ2) is 6.59. The summed E-state index contributed by atoms with van der Waals surface area (Å²) in [6.07, 6.45) is 7.84. The smallest absolute Gasteiger partial charge is 0.0917 e. The maximum Gasteiger partial charge on any atom is 0.0917 e. The van der Waals surface area contributed by atoms with Crippen molar-refractivity contribution in [3.8, 4) is 0 Å². The number of aliphatic hydroxyl groups is 1. The fourth-order valence-electron chi connectivity index (χ4n) is 3.97. The Labute approximate surface area is 130 Å². The van der Waals surface area contributed by atoms with Gasteiger partial charge in [-0.25, -0.2) is 0 Å². The number of nitrogens with zero attached hydrogens (tertiary/aromatic N) is 1. The zero-order valence-corrected chi connectivity index (χ0v) is 13.6. The summed E-state index contributed by atoms with van der Waals surface area (Å²) in [5.74, 6) is 0.884. The minimum atomic E-state index is -0.358. The summed E-state index contributed by atoms with van der Waals surface area (Å²) in [6, 6.07) is 8.80. The van der Waals surface area contributed by atoms with Gasteiger partial charge < -0.3 is 5.11 Å². The highest BCUT2D eigenvalue weighted by Crippen LogP contribution is 2.36. The third kappa shape index (κ3) is 3.26. The topological polar surface area (TPSA) is 23.5 Å². The lowest BCUT2D eigenvalue weighted by Gasteiger charge is -2.44. The van der Waals surface area contributed by atoms with E-state index >= 15 is 0 Å². The van der Waals surface area contributed by atoms with Crippen LogP contribution < -0.4 is 0 Å². The molecule has 0 bridgehead atoms. The number of β-amino-alcohol motifs (C(OH)–C–C–N with tert-alkyl or cyclic N) is 1. The standard InChI is InChI=1S/C17H24BrNO/c18-15-9-7-14(8-10-15)17(20)12-19-11-3-5-13-4-1-2-6-16(13)19/h7-10,13,16-17,20H,1-6,11-12H2/t13-,16+,17-/m1/s1. The molecular weight excluding hydrogens is 314 g/mol. The normalized spacial score (nSPS) is 28.9. The number of hydrogen-bond acceptors (Lipinski definition) is 2. The van der Waals surface area contributed by atoms with Crippen LogP contribution in [0.2, 0.25) is 0 Å². The zero-order valence-electron chi connectivity index (χ0n) is 12.0. The minimum Gasteiger partial charge on any atom is -0.387 e. The molecular formula is C17H24BrNO. The highest BCUT2D eigenvalue weighted by Gasteiger charge is 2.33. The molecule has 1 aliphatic heterocycles. The number of piperidine rings is 1. The van der Waals surface area contributed by atoms with Crippen molar-refractivity contribution in [1.29, 1.82) is 0 Å². The number of benzene rings is 1. The first kappa shape index (κ1) is 14.6. The van der Waals surface area contributed by atoms with E-state index in [9.17, 15) is 5.11 Å². The molecule has 1 aromatic rings. The summed E-state index contributed by atoms with van der Waals surface area (Å²) in [5, 5.41) is 10.5. The Balaban J connectivity index is 1.65. The lowest BCUT2D eigenvalue weighted by molar-refractivity contribution is 0.0205. The summed E-state index contributed by atoms with van der Waals surface area (Å²) in [6.45, 7) is 1.96. The molecule has 0 spiro atoms. The van der Waals surface area contributed by atoms with Gasteiger partial charge in [0, 0.05) is 17.1 Å². The van der Waals surface area contributed by atoms with Crippen molar-refractivity contribution in [3.63, 3.8) is 0 Å². The van der Waals surface area contributed by atoms with Gasteiger partial charge in [0.05, 0.1) is 6.10 Å². The first-order valence-corrected chi connectivity index (χ1v) is 8.71. The fourth-order valence-corrected chi connectivity index (χ4v) is 4.23.